The van der Waals surface area contributed by atoms with Crippen molar-refractivity contribution >= 4 is 16.3 Å². The lowest BCUT2D eigenvalue weighted by molar-refractivity contribution is -0.109. The summed E-state index contributed by atoms with van der Waals surface area (Å²) in [5, 5.41) is 0.921. The van der Waals surface area contributed by atoms with E-state index in [1.165, 1.54) is 0 Å². The van der Waals surface area contributed by atoms with Gasteiger partial charge in [0.05, 0.1) is 6.54 Å². The molecule has 1 rings (SSSR count). The number of carbonyl (C=O) groups is 1. The van der Waals surface area contributed by atoms with Crippen LogP contribution in [-0.2, 0) is 14.8 Å². The minimum absolute atomic E-state index is 0.0316. The van der Waals surface area contributed by atoms with Gasteiger partial charge in [-0.15, -0.1) is 0 Å². The van der Waals surface area contributed by atoms with Gasteiger partial charge in [-0.05, 0) is 12.8 Å². The van der Waals surface area contributed by atoms with Crippen LogP contribution >= 0.6 is 0 Å². The number of hydrogen-bond acceptors (Lipinski definition) is 4. The first kappa shape index (κ1) is 12.4. The summed E-state index contributed by atoms with van der Waals surface area (Å²) >= 11 is 0. The Morgan fingerprint density at radius 2 is 2.00 bits per heavy atom. The molecule has 0 aromatic carbocycles. The summed E-state index contributed by atoms with van der Waals surface area (Å²) < 4.78 is 24.9. The minimum atomic E-state index is -3.32. The zero-order valence-corrected chi connectivity index (χ0v) is 9.37. The van der Waals surface area contributed by atoms with E-state index in [0.29, 0.717) is 6.54 Å². The second kappa shape index (κ2) is 5.39. The molecule has 0 atom stereocenters. The van der Waals surface area contributed by atoms with E-state index in [0.717, 1.165) is 37.6 Å². The number of nitrogens with zero attached hydrogens (tertiary/aromatic N) is 1. The number of hydrogen-bond donors (Lipinski definition) is 1. The van der Waals surface area contributed by atoms with Crippen molar-refractivity contribution < 1.29 is 13.2 Å². The van der Waals surface area contributed by atoms with Crippen molar-refractivity contribution in [2.45, 2.75) is 18.9 Å². The summed E-state index contributed by atoms with van der Waals surface area (Å²) in [5.41, 5.74) is 0. The normalized spacial score (nSPS) is 20.0. The minimum Gasteiger partial charge on any atom is -0.302 e. The van der Waals surface area contributed by atoms with Gasteiger partial charge in [-0.1, -0.05) is 6.58 Å². The molecule has 0 aliphatic carbocycles. The van der Waals surface area contributed by atoms with Gasteiger partial charge in [0.25, 0.3) is 0 Å². The maximum Gasteiger partial charge on any atom is 0.233 e. The smallest absolute Gasteiger partial charge is 0.233 e. The summed E-state index contributed by atoms with van der Waals surface area (Å²) in [6.07, 6.45) is 2.34. The predicted molar refractivity (Wildman–Crippen MR) is 57.8 cm³/mol. The van der Waals surface area contributed by atoms with E-state index in [9.17, 15) is 13.2 Å². The van der Waals surface area contributed by atoms with Crippen molar-refractivity contribution in [1.29, 1.82) is 0 Å². The number of carbonyl (C=O) groups excluding carboxylic acids is 1. The molecule has 1 aliphatic rings. The Balaban J connectivity index is 2.38. The Bertz CT molecular complexity index is 318. The monoisotopic (exact) mass is 232 g/mol. The van der Waals surface area contributed by atoms with Gasteiger partial charge in [0, 0.05) is 24.5 Å². The van der Waals surface area contributed by atoms with Gasteiger partial charge in [0.15, 0.2) is 0 Å². The number of aldehydes is 1. The SMILES string of the molecule is C=CS(=O)(=O)NC1CCN(CC=O)CC1. The molecule has 15 heavy (non-hydrogen) atoms. The molecule has 0 bridgehead atoms. The fourth-order valence-corrected chi connectivity index (χ4v) is 2.42. The van der Waals surface area contributed by atoms with Crippen LogP contribution in [0.4, 0.5) is 0 Å². The molecule has 0 saturated carbocycles. The van der Waals surface area contributed by atoms with Crippen LogP contribution in [0.1, 0.15) is 12.8 Å². The first-order valence-electron chi connectivity index (χ1n) is 4.88. The third kappa shape index (κ3) is 4.11. The number of likely N-dealkylation sites (tertiary alicyclic amines) is 1. The molecular formula is C9H16N2O3S. The van der Waals surface area contributed by atoms with Gasteiger partial charge in [-0.25, -0.2) is 13.1 Å². The average Bonchev–Trinajstić information content (AvgIpc) is 2.21. The molecule has 0 radical (unpaired) electrons. The largest absolute Gasteiger partial charge is 0.302 e. The molecule has 86 valence electrons. The maximum absolute atomic E-state index is 11.2. The highest BCUT2D eigenvalue weighted by atomic mass is 32.2. The zero-order valence-electron chi connectivity index (χ0n) is 8.55. The van der Waals surface area contributed by atoms with Crippen LogP contribution in [0.5, 0.6) is 0 Å². The fraction of sp³-hybridized carbons (Fsp3) is 0.667. The molecule has 0 unspecified atom stereocenters. The lowest BCUT2D eigenvalue weighted by Gasteiger charge is -2.30. The summed E-state index contributed by atoms with van der Waals surface area (Å²) in [6.45, 7) is 5.17. The summed E-state index contributed by atoms with van der Waals surface area (Å²) in [5.74, 6) is 0. The third-order valence-electron chi connectivity index (χ3n) is 2.47. The number of rotatable bonds is 5. The highest BCUT2D eigenvalue weighted by Crippen LogP contribution is 2.10. The van der Waals surface area contributed by atoms with Crippen molar-refractivity contribution in [1.82, 2.24) is 9.62 Å². The van der Waals surface area contributed by atoms with Crippen molar-refractivity contribution in [3.05, 3.63) is 12.0 Å². The summed E-state index contributed by atoms with van der Waals surface area (Å²) in [6, 6.07) is -0.0316. The van der Waals surface area contributed by atoms with Gasteiger partial charge < -0.3 is 4.79 Å². The third-order valence-corrected chi connectivity index (χ3v) is 3.57. The Labute approximate surface area is 90.2 Å². The standard InChI is InChI=1S/C9H16N2O3S/c1-2-15(13,14)10-9-3-5-11(6-4-9)7-8-12/h2,8-10H,1,3-7H2. The van der Waals surface area contributed by atoms with Gasteiger partial charge in [0.1, 0.15) is 6.29 Å². The van der Waals surface area contributed by atoms with Crippen molar-refractivity contribution in [2.24, 2.45) is 0 Å². The number of nitrogens with one attached hydrogen (secondary N) is 1. The Morgan fingerprint density at radius 1 is 1.40 bits per heavy atom. The Morgan fingerprint density at radius 3 is 2.47 bits per heavy atom. The molecular weight excluding hydrogens is 216 g/mol. The highest BCUT2D eigenvalue weighted by molar-refractivity contribution is 7.92. The van der Waals surface area contributed by atoms with Gasteiger partial charge in [-0.3, -0.25) is 4.90 Å². The molecule has 1 fully saturated rings. The molecule has 0 spiro atoms. The van der Waals surface area contributed by atoms with E-state index in [1.54, 1.807) is 0 Å². The Kier molecular flexibility index (Phi) is 4.44. The number of sulfonamides is 1. The molecule has 5 nitrogen and oxygen atoms in total. The lowest BCUT2D eigenvalue weighted by Crippen LogP contribution is -2.44. The second-order valence-corrected chi connectivity index (χ2v) is 5.23. The molecule has 1 N–H and O–H groups in total. The van der Waals surface area contributed by atoms with E-state index >= 15 is 0 Å². The highest BCUT2D eigenvalue weighted by Gasteiger charge is 2.21. The van der Waals surface area contributed by atoms with Crippen LogP contribution in [0, 0.1) is 0 Å². The molecule has 1 saturated heterocycles. The Hall–Kier alpha value is -0.720. The summed E-state index contributed by atoms with van der Waals surface area (Å²) in [4.78, 5) is 12.3. The first-order chi connectivity index (χ1) is 7.07. The van der Waals surface area contributed by atoms with E-state index in [2.05, 4.69) is 11.3 Å². The lowest BCUT2D eigenvalue weighted by atomic mass is 10.1. The zero-order chi connectivity index (χ0) is 11.3. The van der Waals surface area contributed by atoms with Gasteiger partial charge >= 0.3 is 0 Å². The van der Waals surface area contributed by atoms with Crippen LogP contribution < -0.4 is 4.72 Å². The second-order valence-electron chi connectivity index (χ2n) is 3.57. The molecule has 1 heterocycles. The van der Waals surface area contributed by atoms with Crippen LogP contribution in [0.3, 0.4) is 0 Å². The maximum atomic E-state index is 11.2. The van der Waals surface area contributed by atoms with Gasteiger partial charge in [0.2, 0.25) is 10.0 Å². The van der Waals surface area contributed by atoms with E-state index < -0.39 is 10.0 Å². The average molecular weight is 232 g/mol. The molecule has 6 heteroatoms. The molecule has 0 aromatic heterocycles. The van der Waals surface area contributed by atoms with Gasteiger partial charge in [-0.2, -0.15) is 0 Å². The van der Waals surface area contributed by atoms with Crippen molar-refractivity contribution in [3.63, 3.8) is 0 Å². The van der Waals surface area contributed by atoms with Crippen LogP contribution in [-0.4, -0.2) is 45.3 Å². The molecule has 1 aliphatic heterocycles. The molecule has 0 amide bonds. The topological polar surface area (TPSA) is 66.5 Å². The van der Waals surface area contributed by atoms with E-state index in [4.69, 9.17) is 0 Å². The van der Waals surface area contributed by atoms with Crippen molar-refractivity contribution in [3.8, 4) is 0 Å². The van der Waals surface area contributed by atoms with E-state index in [-0.39, 0.29) is 6.04 Å². The van der Waals surface area contributed by atoms with Crippen molar-refractivity contribution in [2.75, 3.05) is 19.6 Å². The van der Waals surface area contributed by atoms with Crippen LogP contribution in [0.2, 0.25) is 0 Å². The predicted octanol–water partition coefficient (Wildman–Crippen LogP) is -0.287. The fourth-order valence-electron chi connectivity index (χ4n) is 1.62. The van der Waals surface area contributed by atoms with E-state index in [1.807, 2.05) is 4.90 Å². The molecule has 0 aromatic rings. The first-order valence-corrected chi connectivity index (χ1v) is 6.43. The quantitative estimate of drug-likeness (QED) is 0.662. The number of piperidine rings is 1. The summed E-state index contributed by atoms with van der Waals surface area (Å²) in [7, 11) is -3.32. The van der Waals surface area contributed by atoms with Crippen LogP contribution in [0.15, 0.2) is 12.0 Å². The van der Waals surface area contributed by atoms with Crippen LogP contribution in [0.25, 0.3) is 0 Å².